The van der Waals surface area contributed by atoms with Gasteiger partial charge in [-0.15, -0.1) is 0 Å². The largest absolute Gasteiger partial charge is 0.271 e. The molecule has 0 unspecified atom stereocenters. The Morgan fingerprint density at radius 2 is 1.92 bits per heavy atom. The third kappa shape index (κ3) is 8.90. The summed E-state index contributed by atoms with van der Waals surface area (Å²) in [6, 6.07) is 2.20. The zero-order chi connectivity index (χ0) is 9.98. The first kappa shape index (κ1) is 13.5. The van der Waals surface area contributed by atoms with E-state index in [9.17, 15) is 0 Å². The predicted octanol–water partition coefficient (Wildman–Crippen LogP) is 2.96. The number of hydrogen-bond donors (Lipinski definition) is 0. The van der Waals surface area contributed by atoms with Crippen LogP contribution in [0.2, 0.25) is 0 Å². The summed E-state index contributed by atoms with van der Waals surface area (Å²) < 4.78 is 0. The number of nitriles is 1. The van der Waals surface area contributed by atoms with E-state index in [4.69, 9.17) is 5.26 Å². The van der Waals surface area contributed by atoms with Crippen LogP contribution in [0.15, 0.2) is 17.1 Å². The molecule has 0 saturated carbocycles. The van der Waals surface area contributed by atoms with Crippen LogP contribution in [0.5, 0.6) is 0 Å². The molecule has 0 aliphatic rings. The maximum absolute atomic E-state index is 8.47. The Morgan fingerprint density at radius 3 is 2.17 bits per heavy atom. The van der Waals surface area contributed by atoms with Gasteiger partial charge < -0.3 is 0 Å². The van der Waals surface area contributed by atoms with Crippen LogP contribution in [0, 0.1) is 11.3 Å². The van der Waals surface area contributed by atoms with Crippen LogP contribution in [0.3, 0.4) is 0 Å². The van der Waals surface area contributed by atoms with Crippen LogP contribution < -0.4 is 0 Å². The maximum atomic E-state index is 8.47. The first-order valence-electron chi connectivity index (χ1n) is 4.31. The topological polar surface area (TPSA) is 36.1 Å². The van der Waals surface area contributed by atoms with Crippen LogP contribution in [-0.2, 0) is 0 Å². The Hall–Kier alpha value is -1.10. The summed E-state index contributed by atoms with van der Waals surface area (Å²) in [4.78, 5) is 4.05. The van der Waals surface area contributed by atoms with Crippen molar-refractivity contribution in [2.24, 2.45) is 4.99 Å². The number of aliphatic imine (C=N–C) groups is 1. The Bertz CT molecular complexity index is 183. The molecule has 12 heavy (non-hydrogen) atoms. The normalized spacial score (nSPS) is 10.9. The van der Waals surface area contributed by atoms with Crippen molar-refractivity contribution in [1.82, 2.24) is 0 Å². The molecule has 0 saturated heterocycles. The highest BCUT2D eigenvalue weighted by molar-refractivity contribution is 6.07. The lowest BCUT2D eigenvalue weighted by Gasteiger charge is -1.93. The summed E-state index contributed by atoms with van der Waals surface area (Å²) in [5, 5.41) is 8.47. The van der Waals surface area contributed by atoms with Crippen molar-refractivity contribution in [3.8, 4) is 6.07 Å². The number of allylic oxidation sites excluding steroid dienone is 2. The molecule has 2 heteroatoms. The first-order chi connectivity index (χ1) is 5.70. The van der Waals surface area contributed by atoms with E-state index < -0.39 is 0 Å². The Labute approximate surface area is 75.6 Å². The molecule has 0 aromatic carbocycles. The summed E-state index contributed by atoms with van der Waals surface area (Å²) in [5.41, 5.74) is 0.498. The van der Waals surface area contributed by atoms with Crippen LogP contribution in [-0.4, -0.2) is 11.8 Å². The average Bonchev–Trinajstić information content (AvgIpc) is 2.07. The van der Waals surface area contributed by atoms with Gasteiger partial charge in [-0.05, 0) is 26.8 Å². The molecule has 0 aromatic rings. The molecule has 0 aliphatic heterocycles. The summed E-state index contributed by atoms with van der Waals surface area (Å²) in [5.74, 6) is 0. The van der Waals surface area contributed by atoms with Gasteiger partial charge >= 0.3 is 0 Å². The minimum Gasteiger partial charge on any atom is -0.271 e. The number of hydrogen-bond acceptors (Lipinski definition) is 2. The molecule has 0 rings (SSSR count). The zero-order valence-corrected chi connectivity index (χ0v) is 8.63. The highest BCUT2D eigenvalue weighted by atomic mass is 14.8. The molecule has 0 N–H and O–H groups in total. The molecule has 0 spiro atoms. The second-order valence-corrected chi connectivity index (χ2v) is 2.22. The fourth-order valence-corrected chi connectivity index (χ4v) is 0.545. The second-order valence-electron chi connectivity index (χ2n) is 2.22. The fraction of sp³-hybridized carbons (Fsp3) is 0.600. The minimum absolute atomic E-state index is 0.200. The van der Waals surface area contributed by atoms with Gasteiger partial charge in [-0.1, -0.05) is 19.9 Å². The van der Waals surface area contributed by atoms with Crippen molar-refractivity contribution in [3.63, 3.8) is 0 Å². The Kier molecular flexibility index (Phi) is 11.1. The third-order valence-electron chi connectivity index (χ3n) is 0.836. The standard InChI is InChI=1S/C8H12N2.C2H6/c1-4-5-8(6-9)10-7(2)3;1-2/h4-5,7H,1-3H3;1-2H3/b5-4-,10-8?;. The summed E-state index contributed by atoms with van der Waals surface area (Å²) >= 11 is 0. The van der Waals surface area contributed by atoms with E-state index in [0.717, 1.165) is 0 Å². The lowest BCUT2D eigenvalue weighted by atomic mass is 10.3. The van der Waals surface area contributed by atoms with Crippen molar-refractivity contribution >= 4 is 5.71 Å². The molecule has 0 bridgehead atoms. The van der Waals surface area contributed by atoms with Crippen molar-refractivity contribution in [2.75, 3.05) is 0 Å². The van der Waals surface area contributed by atoms with Crippen molar-refractivity contribution < 1.29 is 0 Å². The van der Waals surface area contributed by atoms with E-state index >= 15 is 0 Å². The van der Waals surface area contributed by atoms with Gasteiger partial charge in [0.05, 0.1) is 0 Å². The second kappa shape index (κ2) is 9.90. The highest BCUT2D eigenvalue weighted by Gasteiger charge is 1.91. The van der Waals surface area contributed by atoms with Crippen LogP contribution in [0.1, 0.15) is 34.6 Å². The van der Waals surface area contributed by atoms with Gasteiger partial charge in [0.25, 0.3) is 0 Å². The number of rotatable bonds is 2. The van der Waals surface area contributed by atoms with Gasteiger partial charge in [0.2, 0.25) is 0 Å². The summed E-state index contributed by atoms with van der Waals surface area (Å²) in [6.07, 6.45) is 3.52. The Balaban J connectivity index is 0. The number of nitrogens with zero attached hydrogens (tertiary/aromatic N) is 2. The van der Waals surface area contributed by atoms with Gasteiger partial charge in [-0.3, -0.25) is 4.99 Å². The molecule has 0 radical (unpaired) electrons. The lowest BCUT2D eigenvalue weighted by molar-refractivity contribution is 0.838. The SMILES string of the molecule is C/C=C\C(C#N)=NC(C)C.CC. The van der Waals surface area contributed by atoms with E-state index in [1.807, 2.05) is 46.8 Å². The van der Waals surface area contributed by atoms with Gasteiger partial charge in [0.1, 0.15) is 11.8 Å². The van der Waals surface area contributed by atoms with E-state index in [0.29, 0.717) is 5.71 Å². The maximum Gasteiger partial charge on any atom is 0.135 e. The smallest absolute Gasteiger partial charge is 0.135 e. The van der Waals surface area contributed by atoms with Crippen molar-refractivity contribution in [2.45, 2.75) is 40.7 Å². The third-order valence-corrected chi connectivity index (χ3v) is 0.836. The molecule has 0 heterocycles. The molecule has 68 valence electrons. The molecule has 2 nitrogen and oxygen atoms in total. The molecule has 0 aliphatic carbocycles. The molecular weight excluding hydrogens is 148 g/mol. The van der Waals surface area contributed by atoms with Crippen molar-refractivity contribution in [1.29, 1.82) is 5.26 Å². The lowest BCUT2D eigenvalue weighted by Crippen LogP contribution is -1.95. The molecule has 0 fully saturated rings. The highest BCUT2D eigenvalue weighted by Crippen LogP contribution is 1.89. The first-order valence-corrected chi connectivity index (χ1v) is 4.31. The van der Waals surface area contributed by atoms with Gasteiger partial charge in [0.15, 0.2) is 0 Å². The molecule has 0 aromatic heterocycles. The predicted molar refractivity (Wildman–Crippen MR) is 54.3 cm³/mol. The minimum atomic E-state index is 0.200. The van der Waals surface area contributed by atoms with E-state index in [1.165, 1.54) is 0 Å². The molecule has 0 atom stereocenters. The average molecular weight is 166 g/mol. The Morgan fingerprint density at radius 1 is 1.42 bits per heavy atom. The van der Waals surface area contributed by atoms with Crippen molar-refractivity contribution in [3.05, 3.63) is 12.2 Å². The van der Waals surface area contributed by atoms with Crippen LogP contribution in [0.4, 0.5) is 0 Å². The van der Waals surface area contributed by atoms with Gasteiger partial charge in [-0.25, -0.2) is 0 Å². The quantitative estimate of drug-likeness (QED) is 0.581. The summed E-state index contributed by atoms with van der Waals surface area (Å²) in [7, 11) is 0. The van der Waals surface area contributed by atoms with Crippen LogP contribution in [0.25, 0.3) is 0 Å². The molecular formula is C10H18N2. The van der Waals surface area contributed by atoms with E-state index in [1.54, 1.807) is 6.08 Å². The zero-order valence-electron chi connectivity index (χ0n) is 8.63. The van der Waals surface area contributed by atoms with E-state index in [2.05, 4.69) is 4.99 Å². The van der Waals surface area contributed by atoms with Gasteiger partial charge in [-0.2, -0.15) is 5.26 Å². The monoisotopic (exact) mass is 166 g/mol. The molecule has 0 amide bonds. The summed E-state index contributed by atoms with van der Waals surface area (Å²) in [6.45, 7) is 9.76. The van der Waals surface area contributed by atoms with Gasteiger partial charge in [0, 0.05) is 6.04 Å². The fourth-order valence-electron chi connectivity index (χ4n) is 0.545. The van der Waals surface area contributed by atoms with Crippen LogP contribution >= 0.6 is 0 Å². The van der Waals surface area contributed by atoms with E-state index in [-0.39, 0.29) is 6.04 Å².